The van der Waals surface area contributed by atoms with Gasteiger partial charge in [0.1, 0.15) is 0 Å². The fraction of sp³-hybridized carbons (Fsp3) is 0.333. The van der Waals surface area contributed by atoms with E-state index in [2.05, 4.69) is 5.32 Å². The first-order valence-electron chi connectivity index (χ1n) is 9.45. The highest BCUT2D eigenvalue weighted by molar-refractivity contribution is 5.92. The van der Waals surface area contributed by atoms with Crippen molar-refractivity contribution in [3.05, 3.63) is 74.6 Å². The number of benzene rings is 1. The first kappa shape index (κ1) is 20.3. The normalized spacial score (nSPS) is 15.1. The van der Waals surface area contributed by atoms with E-state index in [9.17, 15) is 19.2 Å². The molecule has 0 saturated carbocycles. The Hall–Kier alpha value is -3.42. The number of carbonyl (C=O) groups excluding carboxylic acids is 2. The minimum atomic E-state index is -0.473. The summed E-state index contributed by atoms with van der Waals surface area (Å²) in [6, 6.07) is 9.09. The lowest BCUT2D eigenvalue weighted by atomic mass is 10.1. The summed E-state index contributed by atoms with van der Waals surface area (Å²) in [5.41, 5.74) is 0.221. The van der Waals surface area contributed by atoms with Crippen molar-refractivity contribution in [2.24, 2.45) is 14.1 Å². The summed E-state index contributed by atoms with van der Waals surface area (Å²) in [5.74, 6) is -0.300. The van der Waals surface area contributed by atoms with Crippen molar-refractivity contribution in [2.75, 3.05) is 13.1 Å². The molecule has 0 radical (unpaired) electrons. The third-order valence-corrected chi connectivity index (χ3v) is 4.98. The van der Waals surface area contributed by atoms with Crippen molar-refractivity contribution in [1.82, 2.24) is 19.4 Å². The first-order chi connectivity index (χ1) is 13.9. The van der Waals surface area contributed by atoms with Gasteiger partial charge in [-0.2, -0.15) is 0 Å². The summed E-state index contributed by atoms with van der Waals surface area (Å²) in [6.45, 7) is 1.08. The molecule has 1 N–H and O–H groups in total. The van der Waals surface area contributed by atoms with E-state index < -0.39 is 11.2 Å². The summed E-state index contributed by atoms with van der Waals surface area (Å²) >= 11 is 0. The van der Waals surface area contributed by atoms with E-state index in [-0.39, 0.29) is 23.4 Å². The molecule has 2 heterocycles. The van der Waals surface area contributed by atoms with E-state index in [0.29, 0.717) is 19.5 Å². The quantitative estimate of drug-likeness (QED) is 0.723. The lowest BCUT2D eigenvalue weighted by Gasteiger charge is -2.24. The Bertz CT molecular complexity index is 1050. The molecule has 3 rings (SSSR count). The zero-order valence-corrected chi connectivity index (χ0v) is 16.5. The smallest absolute Gasteiger partial charge is 0.330 e. The van der Waals surface area contributed by atoms with Crippen molar-refractivity contribution in [3.8, 4) is 0 Å². The van der Waals surface area contributed by atoms with Crippen LogP contribution in [-0.2, 0) is 23.7 Å². The van der Waals surface area contributed by atoms with Gasteiger partial charge in [0.15, 0.2) is 0 Å². The molecule has 29 heavy (non-hydrogen) atoms. The average Bonchev–Trinajstić information content (AvgIpc) is 3.12. The molecule has 1 saturated heterocycles. The molecule has 0 aliphatic carbocycles. The Kier molecular flexibility index (Phi) is 6.11. The Morgan fingerprint density at radius 3 is 2.55 bits per heavy atom. The van der Waals surface area contributed by atoms with E-state index in [4.69, 9.17) is 0 Å². The molecular weight excluding hydrogens is 372 g/mol. The van der Waals surface area contributed by atoms with Crippen LogP contribution in [0.2, 0.25) is 0 Å². The number of hydrogen-bond acceptors (Lipinski definition) is 4. The van der Waals surface area contributed by atoms with E-state index in [1.807, 2.05) is 30.3 Å². The number of likely N-dealkylation sites (tertiary alicyclic amines) is 1. The highest BCUT2D eigenvalue weighted by Gasteiger charge is 2.24. The van der Waals surface area contributed by atoms with Crippen LogP contribution < -0.4 is 16.6 Å². The van der Waals surface area contributed by atoms with Crippen molar-refractivity contribution in [3.63, 3.8) is 0 Å². The van der Waals surface area contributed by atoms with E-state index >= 15 is 0 Å². The second-order valence-electron chi connectivity index (χ2n) is 7.09. The SMILES string of the molecule is Cn1cc(/C=C/C(=O)NC(CN2CCCC2=O)c2ccccc2)c(=O)n(C)c1=O. The van der Waals surface area contributed by atoms with Crippen LogP contribution in [0, 0.1) is 0 Å². The molecule has 152 valence electrons. The molecule has 1 aromatic heterocycles. The van der Waals surface area contributed by atoms with Gasteiger partial charge in [-0.3, -0.25) is 19.0 Å². The van der Waals surface area contributed by atoms with Gasteiger partial charge in [0.2, 0.25) is 11.8 Å². The van der Waals surface area contributed by atoms with Crippen molar-refractivity contribution in [2.45, 2.75) is 18.9 Å². The second-order valence-corrected chi connectivity index (χ2v) is 7.09. The summed E-state index contributed by atoms with van der Waals surface area (Å²) in [6.07, 6.45) is 5.41. The maximum atomic E-state index is 12.5. The average molecular weight is 396 g/mol. The maximum Gasteiger partial charge on any atom is 0.330 e. The van der Waals surface area contributed by atoms with Crippen LogP contribution in [0.15, 0.2) is 52.2 Å². The van der Waals surface area contributed by atoms with Crippen LogP contribution in [0.3, 0.4) is 0 Å². The van der Waals surface area contributed by atoms with Crippen LogP contribution in [0.1, 0.15) is 30.0 Å². The minimum Gasteiger partial charge on any atom is -0.344 e. The lowest BCUT2D eigenvalue weighted by Crippen LogP contribution is -2.38. The van der Waals surface area contributed by atoms with Gasteiger partial charge in [0.25, 0.3) is 5.56 Å². The van der Waals surface area contributed by atoms with Gasteiger partial charge in [0.05, 0.1) is 11.6 Å². The summed E-state index contributed by atoms with van der Waals surface area (Å²) in [4.78, 5) is 50.2. The first-order valence-corrected chi connectivity index (χ1v) is 9.45. The van der Waals surface area contributed by atoms with Gasteiger partial charge in [-0.25, -0.2) is 4.79 Å². The Labute approximate surface area is 168 Å². The summed E-state index contributed by atoms with van der Waals surface area (Å²) in [5, 5.41) is 2.91. The van der Waals surface area contributed by atoms with E-state index in [1.165, 1.54) is 37.0 Å². The molecule has 1 aromatic carbocycles. The number of carbonyl (C=O) groups is 2. The number of rotatable bonds is 6. The molecule has 1 atom stereocenters. The fourth-order valence-electron chi connectivity index (χ4n) is 3.37. The van der Waals surface area contributed by atoms with E-state index in [0.717, 1.165) is 16.6 Å². The molecule has 1 aliphatic rings. The number of aryl methyl sites for hydroxylation is 1. The molecule has 2 aromatic rings. The van der Waals surface area contributed by atoms with Gasteiger partial charge in [0, 0.05) is 45.9 Å². The molecule has 8 nitrogen and oxygen atoms in total. The number of hydrogen-bond donors (Lipinski definition) is 1. The standard InChI is InChI=1S/C21H24N4O4/c1-23-13-16(20(28)24(2)21(23)29)10-11-18(26)22-17(15-7-4-3-5-8-15)14-25-12-6-9-19(25)27/h3-5,7-8,10-11,13,17H,6,9,12,14H2,1-2H3,(H,22,26)/b11-10+. The van der Waals surface area contributed by atoms with Gasteiger partial charge in [-0.05, 0) is 18.1 Å². The molecule has 2 amide bonds. The number of nitrogens with zero attached hydrogens (tertiary/aromatic N) is 3. The van der Waals surface area contributed by atoms with Crippen molar-refractivity contribution in [1.29, 1.82) is 0 Å². The van der Waals surface area contributed by atoms with Crippen LogP contribution in [0.25, 0.3) is 6.08 Å². The predicted molar refractivity (Wildman–Crippen MR) is 109 cm³/mol. The molecule has 1 aliphatic heterocycles. The van der Waals surface area contributed by atoms with E-state index in [1.54, 1.807) is 4.90 Å². The van der Waals surface area contributed by atoms with Crippen molar-refractivity contribution < 1.29 is 9.59 Å². The topological polar surface area (TPSA) is 93.4 Å². The number of nitrogens with one attached hydrogen (secondary N) is 1. The monoisotopic (exact) mass is 396 g/mol. The third kappa shape index (κ3) is 4.71. The third-order valence-electron chi connectivity index (χ3n) is 4.98. The summed E-state index contributed by atoms with van der Waals surface area (Å²) < 4.78 is 2.27. The van der Waals surface area contributed by atoms with Gasteiger partial charge < -0.3 is 14.8 Å². The second kappa shape index (κ2) is 8.72. The minimum absolute atomic E-state index is 0.0874. The van der Waals surface area contributed by atoms with Gasteiger partial charge in [-0.15, -0.1) is 0 Å². The zero-order valence-electron chi connectivity index (χ0n) is 16.5. The van der Waals surface area contributed by atoms with Crippen LogP contribution >= 0.6 is 0 Å². The Morgan fingerprint density at radius 2 is 1.90 bits per heavy atom. The molecule has 1 unspecified atom stereocenters. The van der Waals surface area contributed by atoms with Gasteiger partial charge in [-0.1, -0.05) is 30.3 Å². The molecule has 1 fully saturated rings. The molecule has 8 heteroatoms. The number of amides is 2. The molecular formula is C21H24N4O4. The zero-order chi connectivity index (χ0) is 21.0. The highest BCUT2D eigenvalue weighted by Crippen LogP contribution is 2.18. The maximum absolute atomic E-state index is 12.5. The van der Waals surface area contributed by atoms with Crippen LogP contribution in [0.5, 0.6) is 0 Å². The largest absolute Gasteiger partial charge is 0.344 e. The van der Waals surface area contributed by atoms with Gasteiger partial charge >= 0.3 is 5.69 Å². The fourth-order valence-corrected chi connectivity index (χ4v) is 3.37. The molecule has 0 spiro atoms. The summed E-state index contributed by atoms with van der Waals surface area (Å²) in [7, 11) is 2.93. The predicted octanol–water partition coefficient (Wildman–Crippen LogP) is 0.577. The number of aromatic nitrogens is 2. The highest BCUT2D eigenvalue weighted by atomic mass is 16.2. The molecule has 0 bridgehead atoms. The van der Waals surface area contributed by atoms with Crippen LogP contribution in [-0.4, -0.2) is 38.9 Å². The lowest BCUT2D eigenvalue weighted by molar-refractivity contribution is -0.128. The van der Waals surface area contributed by atoms with Crippen molar-refractivity contribution >= 4 is 17.9 Å². The Balaban J connectivity index is 1.78. The Morgan fingerprint density at radius 1 is 1.17 bits per heavy atom. The van der Waals surface area contributed by atoms with Crippen LogP contribution in [0.4, 0.5) is 0 Å².